The molecular weight excluding hydrogens is 212 g/mol. The second-order valence-electron chi connectivity index (χ2n) is 3.00. The maximum atomic E-state index is 10.7. The first kappa shape index (κ1) is 11.8. The van der Waals surface area contributed by atoms with Gasteiger partial charge in [0.25, 0.3) is 5.69 Å². The Bertz CT molecular complexity index is 355. The third kappa shape index (κ3) is 3.13. The lowest BCUT2D eigenvalue weighted by Crippen LogP contribution is -1.97. The van der Waals surface area contributed by atoms with Crippen LogP contribution in [-0.4, -0.2) is 17.7 Å². The fourth-order valence-electron chi connectivity index (χ4n) is 1.25. The van der Waals surface area contributed by atoms with Crippen molar-refractivity contribution in [3.8, 4) is 0 Å². The SMILES string of the molecule is CCSCc1ccc([N+](=O)[O-])c(NC)c1. The van der Waals surface area contributed by atoms with Crippen molar-refractivity contribution in [3.05, 3.63) is 33.9 Å². The molecule has 0 heterocycles. The molecule has 1 N–H and O–H groups in total. The number of nitro groups is 1. The summed E-state index contributed by atoms with van der Waals surface area (Å²) in [4.78, 5) is 10.3. The highest BCUT2D eigenvalue weighted by Crippen LogP contribution is 2.26. The molecule has 0 unspecified atom stereocenters. The molecular formula is C10H14N2O2S. The number of nitro benzene ring substituents is 1. The zero-order chi connectivity index (χ0) is 11.3. The van der Waals surface area contributed by atoms with Gasteiger partial charge in [-0.3, -0.25) is 10.1 Å². The van der Waals surface area contributed by atoms with Crippen molar-refractivity contribution in [2.45, 2.75) is 12.7 Å². The molecule has 0 aliphatic carbocycles. The van der Waals surface area contributed by atoms with Gasteiger partial charge in [-0.1, -0.05) is 13.0 Å². The van der Waals surface area contributed by atoms with E-state index in [0.717, 1.165) is 17.1 Å². The van der Waals surface area contributed by atoms with Crippen LogP contribution < -0.4 is 5.32 Å². The molecule has 0 radical (unpaired) electrons. The number of benzene rings is 1. The Balaban J connectivity index is 2.92. The Labute approximate surface area is 93.2 Å². The van der Waals surface area contributed by atoms with Gasteiger partial charge in [0.2, 0.25) is 0 Å². The first-order valence-electron chi connectivity index (χ1n) is 4.71. The molecule has 4 nitrogen and oxygen atoms in total. The molecule has 0 saturated carbocycles. The average molecular weight is 226 g/mol. The van der Waals surface area contributed by atoms with Crippen molar-refractivity contribution in [1.29, 1.82) is 0 Å². The fraction of sp³-hybridized carbons (Fsp3) is 0.400. The molecule has 0 aliphatic rings. The van der Waals surface area contributed by atoms with E-state index in [1.54, 1.807) is 24.9 Å². The number of nitrogens with zero attached hydrogens (tertiary/aromatic N) is 1. The van der Waals surface area contributed by atoms with Gasteiger partial charge in [0.1, 0.15) is 5.69 Å². The minimum absolute atomic E-state index is 0.128. The Morgan fingerprint density at radius 3 is 2.80 bits per heavy atom. The van der Waals surface area contributed by atoms with Crippen LogP contribution >= 0.6 is 11.8 Å². The quantitative estimate of drug-likeness (QED) is 0.619. The maximum absolute atomic E-state index is 10.7. The lowest BCUT2D eigenvalue weighted by molar-refractivity contribution is -0.383. The number of anilines is 1. The van der Waals surface area contributed by atoms with Crippen LogP contribution in [-0.2, 0) is 5.75 Å². The van der Waals surface area contributed by atoms with Gasteiger partial charge in [0.15, 0.2) is 0 Å². The van der Waals surface area contributed by atoms with Crippen molar-refractivity contribution in [1.82, 2.24) is 0 Å². The van der Waals surface area contributed by atoms with Crippen molar-refractivity contribution < 1.29 is 4.92 Å². The molecule has 0 atom stereocenters. The zero-order valence-corrected chi connectivity index (χ0v) is 9.63. The van der Waals surface area contributed by atoms with Gasteiger partial charge in [-0.05, 0) is 17.4 Å². The Morgan fingerprint density at radius 1 is 1.53 bits per heavy atom. The molecule has 0 aromatic heterocycles. The van der Waals surface area contributed by atoms with E-state index in [0.29, 0.717) is 5.69 Å². The number of hydrogen-bond donors (Lipinski definition) is 1. The van der Waals surface area contributed by atoms with Crippen molar-refractivity contribution in [2.75, 3.05) is 18.1 Å². The van der Waals surface area contributed by atoms with Crippen molar-refractivity contribution >= 4 is 23.1 Å². The van der Waals surface area contributed by atoms with E-state index < -0.39 is 0 Å². The highest BCUT2D eigenvalue weighted by molar-refractivity contribution is 7.98. The fourth-order valence-corrected chi connectivity index (χ4v) is 1.87. The van der Waals surface area contributed by atoms with Crippen LogP contribution in [0.2, 0.25) is 0 Å². The third-order valence-electron chi connectivity index (χ3n) is 2.00. The predicted octanol–water partition coefficient (Wildman–Crippen LogP) is 2.89. The summed E-state index contributed by atoms with van der Waals surface area (Å²) in [5.41, 5.74) is 1.81. The summed E-state index contributed by atoms with van der Waals surface area (Å²) in [6.45, 7) is 2.09. The summed E-state index contributed by atoms with van der Waals surface area (Å²) in [6, 6.07) is 5.19. The molecule has 1 rings (SSSR count). The largest absolute Gasteiger partial charge is 0.383 e. The summed E-state index contributed by atoms with van der Waals surface area (Å²) in [6.07, 6.45) is 0. The lowest BCUT2D eigenvalue weighted by Gasteiger charge is -2.05. The summed E-state index contributed by atoms with van der Waals surface area (Å²) >= 11 is 1.80. The van der Waals surface area contributed by atoms with Crippen LogP contribution in [0.1, 0.15) is 12.5 Å². The highest BCUT2D eigenvalue weighted by atomic mass is 32.2. The molecule has 0 aliphatic heterocycles. The molecule has 15 heavy (non-hydrogen) atoms. The first-order valence-corrected chi connectivity index (χ1v) is 5.87. The van der Waals surface area contributed by atoms with Gasteiger partial charge in [0, 0.05) is 18.9 Å². The molecule has 1 aromatic carbocycles. The monoisotopic (exact) mass is 226 g/mol. The van der Waals surface area contributed by atoms with Crippen LogP contribution in [0.25, 0.3) is 0 Å². The summed E-state index contributed by atoms with van der Waals surface area (Å²) in [5, 5.41) is 13.5. The third-order valence-corrected chi connectivity index (χ3v) is 2.95. The lowest BCUT2D eigenvalue weighted by atomic mass is 10.2. The van der Waals surface area contributed by atoms with Crippen molar-refractivity contribution in [2.24, 2.45) is 0 Å². The first-order chi connectivity index (χ1) is 7.19. The molecule has 0 bridgehead atoms. The van der Waals surface area contributed by atoms with Gasteiger partial charge in [-0.2, -0.15) is 11.8 Å². The van der Waals surface area contributed by atoms with Gasteiger partial charge >= 0.3 is 0 Å². The van der Waals surface area contributed by atoms with Gasteiger partial charge in [-0.15, -0.1) is 0 Å². The summed E-state index contributed by atoms with van der Waals surface area (Å²) < 4.78 is 0. The minimum atomic E-state index is -0.372. The van der Waals surface area contributed by atoms with E-state index in [4.69, 9.17) is 0 Å². The summed E-state index contributed by atoms with van der Waals surface area (Å²) in [7, 11) is 1.69. The van der Waals surface area contributed by atoms with E-state index in [-0.39, 0.29) is 10.6 Å². The number of nitrogens with one attached hydrogen (secondary N) is 1. The predicted molar refractivity (Wildman–Crippen MR) is 64.5 cm³/mol. The number of rotatable bonds is 5. The highest BCUT2D eigenvalue weighted by Gasteiger charge is 2.12. The van der Waals surface area contributed by atoms with Gasteiger partial charge < -0.3 is 5.32 Å². The smallest absolute Gasteiger partial charge is 0.292 e. The molecule has 1 aromatic rings. The topological polar surface area (TPSA) is 55.2 Å². The molecule has 82 valence electrons. The molecule has 0 fully saturated rings. The van der Waals surface area contributed by atoms with E-state index in [2.05, 4.69) is 12.2 Å². The maximum Gasteiger partial charge on any atom is 0.292 e. The molecule has 0 spiro atoms. The minimum Gasteiger partial charge on any atom is -0.383 e. The van der Waals surface area contributed by atoms with Crippen molar-refractivity contribution in [3.63, 3.8) is 0 Å². The standard InChI is InChI=1S/C10H14N2O2S/c1-3-15-7-8-4-5-10(12(13)14)9(6-8)11-2/h4-6,11H,3,7H2,1-2H3. The van der Waals surface area contributed by atoms with E-state index in [1.165, 1.54) is 0 Å². The number of thioether (sulfide) groups is 1. The summed E-state index contributed by atoms with van der Waals surface area (Å²) in [5.74, 6) is 1.94. The van der Waals surface area contributed by atoms with E-state index in [1.807, 2.05) is 12.1 Å². The average Bonchev–Trinajstić information content (AvgIpc) is 2.25. The van der Waals surface area contributed by atoms with Crippen LogP contribution in [0.3, 0.4) is 0 Å². The van der Waals surface area contributed by atoms with Crippen LogP contribution in [0.4, 0.5) is 11.4 Å². The van der Waals surface area contributed by atoms with Gasteiger partial charge in [-0.25, -0.2) is 0 Å². The Hall–Kier alpha value is -1.23. The molecule has 5 heteroatoms. The molecule has 0 saturated heterocycles. The second kappa shape index (κ2) is 5.60. The van der Waals surface area contributed by atoms with E-state index in [9.17, 15) is 10.1 Å². The second-order valence-corrected chi connectivity index (χ2v) is 4.27. The normalized spacial score (nSPS) is 10.0. The Kier molecular flexibility index (Phi) is 4.42. The molecule has 0 amide bonds. The van der Waals surface area contributed by atoms with E-state index >= 15 is 0 Å². The van der Waals surface area contributed by atoms with Crippen LogP contribution in [0, 0.1) is 10.1 Å². The number of hydrogen-bond acceptors (Lipinski definition) is 4. The van der Waals surface area contributed by atoms with Crippen LogP contribution in [0.5, 0.6) is 0 Å². The van der Waals surface area contributed by atoms with Crippen LogP contribution in [0.15, 0.2) is 18.2 Å². The zero-order valence-electron chi connectivity index (χ0n) is 8.82. The Morgan fingerprint density at radius 2 is 2.27 bits per heavy atom. The van der Waals surface area contributed by atoms with Gasteiger partial charge in [0.05, 0.1) is 4.92 Å².